The second-order valence-corrected chi connectivity index (χ2v) is 5.14. The number of hydrogen-bond donors (Lipinski definition) is 1. The molecule has 0 aromatic heterocycles. The molecule has 0 atom stereocenters. The molecule has 0 unspecified atom stereocenters. The molecule has 0 aliphatic heterocycles. The zero-order valence-corrected chi connectivity index (χ0v) is 13.4. The first-order valence-electron chi connectivity index (χ1n) is 7.71. The van der Waals surface area contributed by atoms with Crippen LogP contribution in [-0.4, -0.2) is 5.84 Å². The molecule has 3 rings (SSSR count). The van der Waals surface area contributed by atoms with E-state index in [0.29, 0.717) is 17.1 Å². The van der Waals surface area contributed by atoms with Crippen LogP contribution >= 0.6 is 0 Å². The summed E-state index contributed by atoms with van der Waals surface area (Å²) in [5.74, 6) is 0.466. The van der Waals surface area contributed by atoms with E-state index in [9.17, 15) is 0 Å². The lowest BCUT2D eigenvalue weighted by Crippen LogP contribution is -2.00. The number of anilines is 1. The van der Waals surface area contributed by atoms with Gasteiger partial charge < -0.3 is 0 Å². The number of nitriles is 1. The molecule has 0 fully saturated rings. The highest BCUT2D eigenvalue weighted by atomic mass is 15.3. The highest BCUT2D eigenvalue weighted by Crippen LogP contribution is 2.15. The lowest BCUT2D eigenvalue weighted by Gasteiger charge is -2.03. The summed E-state index contributed by atoms with van der Waals surface area (Å²) in [6, 6.07) is 28.2. The first-order chi connectivity index (χ1) is 12.3. The fourth-order valence-electron chi connectivity index (χ4n) is 2.07. The van der Waals surface area contributed by atoms with Crippen molar-refractivity contribution in [2.75, 3.05) is 5.43 Å². The van der Waals surface area contributed by atoms with Gasteiger partial charge in [-0.2, -0.15) is 10.4 Å². The van der Waals surface area contributed by atoms with E-state index in [1.54, 1.807) is 24.3 Å². The summed E-state index contributed by atoms with van der Waals surface area (Å²) in [5.41, 5.74) is 5.94. The molecular weight excluding hydrogens is 310 g/mol. The predicted molar refractivity (Wildman–Crippen MR) is 98.7 cm³/mol. The number of hydrogen-bond acceptors (Lipinski definition) is 4. The van der Waals surface area contributed by atoms with E-state index in [1.165, 1.54) is 0 Å². The van der Waals surface area contributed by atoms with E-state index in [-0.39, 0.29) is 0 Å². The Bertz CT molecular complexity index is 908. The molecule has 0 radical (unpaired) electrons. The van der Waals surface area contributed by atoms with Gasteiger partial charge in [-0.3, -0.25) is 5.43 Å². The summed E-state index contributed by atoms with van der Waals surface area (Å²) < 4.78 is 0. The maximum atomic E-state index is 8.84. The number of rotatable bonds is 4. The topological polar surface area (TPSA) is 72.9 Å². The molecule has 0 aliphatic carbocycles. The maximum Gasteiger partial charge on any atom is 0.201 e. The van der Waals surface area contributed by atoms with E-state index in [2.05, 4.69) is 26.8 Å². The predicted octanol–water partition coefficient (Wildman–Crippen LogP) is 5.12. The zero-order chi connectivity index (χ0) is 17.3. The number of azo groups is 1. The van der Waals surface area contributed by atoms with Crippen molar-refractivity contribution in [2.24, 2.45) is 15.3 Å². The number of benzene rings is 3. The smallest absolute Gasteiger partial charge is 0.201 e. The summed E-state index contributed by atoms with van der Waals surface area (Å²) in [7, 11) is 0. The monoisotopic (exact) mass is 325 g/mol. The molecule has 3 aromatic carbocycles. The van der Waals surface area contributed by atoms with Crippen LogP contribution in [0.1, 0.15) is 11.1 Å². The first-order valence-corrected chi connectivity index (χ1v) is 7.71. The van der Waals surface area contributed by atoms with Crippen LogP contribution in [0.3, 0.4) is 0 Å². The van der Waals surface area contributed by atoms with Crippen molar-refractivity contribution in [3.8, 4) is 6.07 Å². The quantitative estimate of drug-likeness (QED) is 0.313. The van der Waals surface area contributed by atoms with Crippen LogP contribution in [-0.2, 0) is 0 Å². The molecule has 0 saturated carbocycles. The summed E-state index contributed by atoms with van der Waals surface area (Å²) >= 11 is 0. The number of hydrazone groups is 1. The van der Waals surface area contributed by atoms with E-state index in [0.717, 1.165) is 11.3 Å². The van der Waals surface area contributed by atoms with Gasteiger partial charge in [-0.1, -0.05) is 48.5 Å². The molecule has 25 heavy (non-hydrogen) atoms. The van der Waals surface area contributed by atoms with Crippen LogP contribution in [0.5, 0.6) is 0 Å². The Hall–Kier alpha value is -3.78. The van der Waals surface area contributed by atoms with Gasteiger partial charge in [0.25, 0.3) is 0 Å². The van der Waals surface area contributed by atoms with Crippen molar-refractivity contribution in [2.45, 2.75) is 0 Å². The molecule has 0 spiro atoms. The lowest BCUT2D eigenvalue weighted by atomic mass is 10.2. The van der Waals surface area contributed by atoms with E-state index < -0.39 is 0 Å². The first kappa shape index (κ1) is 16.1. The summed E-state index contributed by atoms with van der Waals surface area (Å²) in [6.07, 6.45) is 0. The molecule has 0 aliphatic rings. The van der Waals surface area contributed by atoms with E-state index >= 15 is 0 Å². The third kappa shape index (κ3) is 4.60. The SMILES string of the molecule is N#Cc1ccc(N=NC(=NNc2ccccc2)c2ccccc2)cc1. The fraction of sp³-hybridized carbons (Fsp3) is 0. The van der Waals surface area contributed by atoms with Gasteiger partial charge in [0.1, 0.15) is 0 Å². The molecule has 0 bridgehead atoms. The number of nitrogens with zero attached hydrogens (tertiary/aromatic N) is 4. The summed E-state index contributed by atoms with van der Waals surface area (Å²) in [6.45, 7) is 0. The molecule has 0 amide bonds. The summed E-state index contributed by atoms with van der Waals surface area (Å²) in [5, 5.41) is 21.7. The molecule has 3 aromatic rings. The standard InChI is InChI=1S/C20H15N5/c21-15-16-11-13-19(14-12-16)23-25-20(17-7-3-1-4-8-17)24-22-18-9-5-2-6-10-18/h1-14,22H. The molecule has 1 N–H and O–H groups in total. The Morgan fingerprint density at radius 2 is 1.44 bits per heavy atom. The molecule has 120 valence electrons. The van der Waals surface area contributed by atoms with Crippen LogP contribution in [0.4, 0.5) is 11.4 Å². The van der Waals surface area contributed by atoms with Crippen molar-refractivity contribution < 1.29 is 0 Å². The average Bonchev–Trinajstić information content (AvgIpc) is 2.70. The Kier molecular flexibility index (Phi) is 5.26. The molecule has 5 nitrogen and oxygen atoms in total. The number of para-hydroxylation sites is 1. The zero-order valence-electron chi connectivity index (χ0n) is 13.4. The van der Waals surface area contributed by atoms with Gasteiger partial charge in [-0.05, 0) is 36.4 Å². The lowest BCUT2D eigenvalue weighted by molar-refractivity contribution is 1.22. The van der Waals surface area contributed by atoms with Crippen LogP contribution < -0.4 is 5.43 Å². The van der Waals surface area contributed by atoms with Gasteiger partial charge in [0.15, 0.2) is 0 Å². The third-order valence-electron chi connectivity index (χ3n) is 3.35. The third-order valence-corrected chi connectivity index (χ3v) is 3.35. The minimum absolute atomic E-state index is 0.466. The maximum absolute atomic E-state index is 8.84. The van der Waals surface area contributed by atoms with Gasteiger partial charge in [0.05, 0.1) is 23.0 Å². The van der Waals surface area contributed by atoms with Gasteiger partial charge >= 0.3 is 0 Å². The average molecular weight is 325 g/mol. The Morgan fingerprint density at radius 3 is 2.08 bits per heavy atom. The van der Waals surface area contributed by atoms with Crippen LogP contribution in [0.15, 0.2) is 100 Å². The Labute approximate surface area is 146 Å². The highest BCUT2D eigenvalue weighted by molar-refractivity contribution is 5.99. The van der Waals surface area contributed by atoms with Crippen molar-refractivity contribution in [3.05, 3.63) is 96.1 Å². The van der Waals surface area contributed by atoms with Crippen LogP contribution in [0.2, 0.25) is 0 Å². The minimum atomic E-state index is 0.466. The number of amidine groups is 1. The minimum Gasteiger partial charge on any atom is -0.276 e. The molecule has 0 heterocycles. The van der Waals surface area contributed by atoms with E-state index in [1.807, 2.05) is 60.7 Å². The fourth-order valence-corrected chi connectivity index (χ4v) is 2.07. The number of nitrogens with one attached hydrogen (secondary N) is 1. The van der Waals surface area contributed by atoms with Gasteiger partial charge in [-0.25, -0.2) is 0 Å². The van der Waals surface area contributed by atoms with Gasteiger partial charge in [-0.15, -0.1) is 10.2 Å². The second-order valence-electron chi connectivity index (χ2n) is 5.14. The Morgan fingerprint density at radius 1 is 0.800 bits per heavy atom. The van der Waals surface area contributed by atoms with E-state index in [4.69, 9.17) is 5.26 Å². The molecular formula is C20H15N5. The Balaban J connectivity index is 1.85. The van der Waals surface area contributed by atoms with Crippen LogP contribution in [0.25, 0.3) is 0 Å². The second kappa shape index (κ2) is 8.18. The van der Waals surface area contributed by atoms with Crippen molar-refractivity contribution >= 4 is 17.2 Å². The molecule has 0 saturated heterocycles. The van der Waals surface area contributed by atoms with Gasteiger partial charge in [0.2, 0.25) is 5.84 Å². The normalized spacial score (nSPS) is 11.2. The molecule has 5 heteroatoms. The van der Waals surface area contributed by atoms with Crippen molar-refractivity contribution in [1.29, 1.82) is 5.26 Å². The summed E-state index contributed by atoms with van der Waals surface area (Å²) in [4.78, 5) is 0. The van der Waals surface area contributed by atoms with Crippen molar-refractivity contribution in [3.63, 3.8) is 0 Å². The van der Waals surface area contributed by atoms with Crippen LogP contribution in [0, 0.1) is 11.3 Å². The highest BCUT2D eigenvalue weighted by Gasteiger charge is 2.02. The largest absolute Gasteiger partial charge is 0.276 e. The van der Waals surface area contributed by atoms with Gasteiger partial charge in [0, 0.05) is 5.56 Å². The van der Waals surface area contributed by atoms with Crippen molar-refractivity contribution in [1.82, 2.24) is 0 Å².